The molecular formula is C23H17ClN4O3S. The van der Waals surface area contributed by atoms with E-state index in [0.29, 0.717) is 38.3 Å². The van der Waals surface area contributed by atoms with Crippen molar-refractivity contribution in [3.05, 3.63) is 87.6 Å². The van der Waals surface area contributed by atoms with Gasteiger partial charge >= 0.3 is 0 Å². The summed E-state index contributed by atoms with van der Waals surface area (Å²) in [6, 6.07) is 17.7. The Morgan fingerprint density at radius 3 is 2.50 bits per heavy atom. The highest BCUT2D eigenvalue weighted by Crippen LogP contribution is 2.29. The SMILES string of the molecule is O=C(CNC(=O)c1ccsc1)NNC(=O)c1cc(-c2ccccc2Cl)nc2ccccc12. The third kappa shape index (κ3) is 4.77. The van der Waals surface area contributed by atoms with Crippen LogP contribution in [0.1, 0.15) is 20.7 Å². The first-order valence-electron chi connectivity index (χ1n) is 9.57. The number of fused-ring (bicyclic) bond motifs is 1. The van der Waals surface area contributed by atoms with Crippen LogP contribution in [0.25, 0.3) is 22.2 Å². The summed E-state index contributed by atoms with van der Waals surface area (Å²) in [7, 11) is 0. The average molecular weight is 465 g/mol. The number of carbonyl (C=O) groups is 3. The number of nitrogens with zero attached hydrogens (tertiary/aromatic N) is 1. The second-order valence-electron chi connectivity index (χ2n) is 6.75. The van der Waals surface area contributed by atoms with Gasteiger partial charge in [0.15, 0.2) is 0 Å². The monoisotopic (exact) mass is 464 g/mol. The van der Waals surface area contributed by atoms with Gasteiger partial charge in [-0.25, -0.2) is 4.98 Å². The Bertz CT molecular complexity index is 1310. The van der Waals surface area contributed by atoms with Gasteiger partial charge in [0.05, 0.1) is 23.3 Å². The zero-order chi connectivity index (χ0) is 22.5. The van der Waals surface area contributed by atoms with E-state index in [9.17, 15) is 14.4 Å². The summed E-state index contributed by atoms with van der Waals surface area (Å²) < 4.78 is 0. The number of nitrogens with one attached hydrogen (secondary N) is 3. The second-order valence-corrected chi connectivity index (χ2v) is 7.94. The number of benzene rings is 2. The third-order valence-electron chi connectivity index (χ3n) is 4.62. The Morgan fingerprint density at radius 2 is 1.72 bits per heavy atom. The zero-order valence-corrected chi connectivity index (χ0v) is 18.2. The number of pyridine rings is 1. The molecule has 0 saturated heterocycles. The van der Waals surface area contributed by atoms with Crippen molar-refractivity contribution in [3.8, 4) is 11.3 Å². The van der Waals surface area contributed by atoms with E-state index >= 15 is 0 Å². The fourth-order valence-electron chi connectivity index (χ4n) is 3.06. The predicted molar refractivity (Wildman–Crippen MR) is 124 cm³/mol. The molecule has 0 aliphatic carbocycles. The fourth-order valence-corrected chi connectivity index (χ4v) is 3.93. The molecule has 0 saturated carbocycles. The third-order valence-corrected chi connectivity index (χ3v) is 5.63. The molecule has 0 aliphatic heterocycles. The maximum atomic E-state index is 12.9. The molecule has 2 heterocycles. The summed E-state index contributed by atoms with van der Waals surface area (Å²) >= 11 is 7.69. The number of halogens is 1. The Kier molecular flexibility index (Phi) is 6.44. The van der Waals surface area contributed by atoms with Crippen LogP contribution in [0, 0.1) is 0 Å². The van der Waals surface area contributed by atoms with Gasteiger partial charge in [-0.05, 0) is 29.6 Å². The number of aromatic nitrogens is 1. The first-order chi connectivity index (χ1) is 15.5. The second kappa shape index (κ2) is 9.59. The molecule has 0 spiro atoms. The van der Waals surface area contributed by atoms with Gasteiger partial charge in [-0.15, -0.1) is 0 Å². The van der Waals surface area contributed by atoms with Crippen LogP contribution in [0.2, 0.25) is 5.02 Å². The Morgan fingerprint density at radius 1 is 0.938 bits per heavy atom. The number of hydrazine groups is 1. The summed E-state index contributed by atoms with van der Waals surface area (Å²) in [5.41, 5.74) is 7.36. The number of carbonyl (C=O) groups excluding carboxylic acids is 3. The maximum Gasteiger partial charge on any atom is 0.270 e. The van der Waals surface area contributed by atoms with Gasteiger partial charge in [-0.3, -0.25) is 25.2 Å². The van der Waals surface area contributed by atoms with E-state index in [-0.39, 0.29) is 12.5 Å². The van der Waals surface area contributed by atoms with Crippen molar-refractivity contribution in [2.24, 2.45) is 0 Å². The van der Waals surface area contributed by atoms with Crippen molar-refractivity contribution in [3.63, 3.8) is 0 Å². The predicted octanol–water partition coefficient (Wildman–Crippen LogP) is 3.81. The normalized spacial score (nSPS) is 10.5. The molecule has 0 radical (unpaired) electrons. The van der Waals surface area contributed by atoms with E-state index in [2.05, 4.69) is 21.2 Å². The van der Waals surface area contributed by atoms with E-state index in [1.54, 1.807) is 47.2 Å². The lowest BCUT2D eigenvalue weighted by atomic mass is 10.0. The molecule has 7 nitrogen and oxygen atoms in total. The molecule has 0 fully saturated rings. The van der Waals surface area contributed by atoms with Gasteiger partial charge in [0.2, 0.25) is 0 Å². The molecule has 0 bridgehead atoms. The van der Waals surface area contributed by atoms with Crippen LogP contribution in [-0.4, -0.2) is 29.3 Å². The van der Waals surface area contributed by atoms with Crippen LogP contribution in [-0.2, 0) is 4.79 Å². The van der Waals surface area contributed by atoms with Crippen LogP contribution >= 0.6 is 22.9 Å². The van der Waals surface area contributed by atoms with E-state index in [0.717, 1.165) is 0 Å². The lowest BCUT2D eigenvalue weighted by Crippen LogP contribution is -2.46. The molecule has 0 aliphatic rings. The molecule has 32 heavy (non-hydrogen) atoms. The van der Waals surface area contributed by atoms with Gasteiger partial charge in [-0.1, -0.05) is 48.0 Å². The van der Waals surface area contributed by atoms with Crippen molar-refractivity contribution in [1.82, 2.24) is 21.2 Å². The summed E-state index contributed by atoms with van der Waals surface area (Å²) in [4.78, 5) is 41.5. The van der Waals surface area contributed by atoms with Gasteiger partial charge < -0.3 is 5.32 Å². The minimum Gasteiger partial charge on any atom is -0.343 e. The van der Waals surface area contributed by atoms with Crippen LogP contribution in [0.15, 0.2) is 71.4 Å². The lowest BCUT2D eigenvalue weighted by molar-refractivity contribution is -0.120. The molecule has 3 amide bonds. The first-order valence-corrected chi connectivity index (χ1v) is 10.9. The Balaban J connectivity index is 1.50. The number of thiophene rings is 1. The summed E-state index contributed by atoms with van der Waals surface area (Å²) in [5, 5.41) is 7.08. The number of hydrogen-bond donors (Lipinski definition) is 3. The minimum absolute atomic E-state index is 0.281. The highest BCUT2D eigenvalue weighted by atomic mass is 35.5. The summed E-state index contributed by atoms with van der Waals surface area (Å²) in [5.74, 6) is -1.45. The molecule has 3 N–H and O–H groups in total. The summed E-state index contributed by atoms with van der Waals surface area (Å²) in [6.07, 6.45) is 0. The largest absolute Gasteiger partial charge is 0.343 e. The van der Waals surface area contributed by atoms with Gasteiger partial charge in [0, 0.05) is 26.9 Å². The van der Waals surface area contributed by atoms with Crippen LogP contribution in [0.3, 0.4) is 0 Å². The number of para-hydroxylation sites is 1. The number of amides is 3. The molecular weight excluding hydrogens is 448 g/mol. The maximum absolute atomic E-state index is 12.9. The van der Waals surface area contributed by atoms with Crippen molar-refractivity contribution < 1.29 is 14.4 Å². The van der Waals surface area contributed by atoms with Crippen LogP contribution in [0.4, 0.5) is 0 Å². The molecule has 4 rings (SSSR count). The minimum atomic E-state index is -0.563. The van der Waals surface area contributed by atoms with Crippen molar-refractivity contribution in [2.75, 3.05) is 6.54 Å². The molecule has 160 valence electrons. The molecule has 2 aromatic heterocycles. The molecule has 0 atom stereocenters. The van der Waals surface area contributed by atoms with Crippen LogP contribution in [0.5, 0.6) is 0 Å². The van der Waals surface area contributed by atoms with E-state index in [4.69, 9.17) is 11.6 Å². The van der Waals surface area contributed by atoms with Gasteiger partial charge in [0.1, 0.15) is 0 Å². The molecule has 4 aromatic rings. The highest BCUT2D eigenvalue weighted by molar-refractivity contribution is 7.08. The number of rotatable bonds is 5. The fraction of sp³-hybridized carbons (Fsp3) is 0.0435. The topological polar surface area (TPSA) is 100 Å². The van der Waals surface area contributed by atoms with E-state index < -0.39 is 11.8 Å². The molecule has 0 unspecified atom stereocenters. The lowest BCUT2D eigenvalue weighted by Gasteiger charge is -2.12. The highest BCUT2D eigenvalue weighted by Gasteiger charge is 2.16. The van der Waals surface area contributed by atoms with Crippen molar-refractivity contribution in [1.29, 1.82) is 0 Å². The average Bonchev–Trinajstić information content (AvgIpc) is 3.36. The van der Waals surface area contributed by atoms with E-state index in [1.165, 1.54) is 11.3 Å². The zero-order valence-electron chi connectivity index (χ0n) is 16.6. The quantitative estimate of drug-likeness (QED) is 0.391. The Labute approximate surface area is 192 Å². The van der Waals surface area contributed by atoms with Crippen LogP contribution < -0.4 is 16.2 Å². The van der Waals surface area contributed by atoms with E-state index in [1.807, 2.05) is 24.3 Å². The summed E-state index contributed by atoms with van der Waals surface area (Å²) in [6.45, 7) is -0.281. The Hall–Kier alpha value is -3.75. The van der Waals surface area contributed by atoms with Crippen molar-refractivity contribution in [2.45, 2.75) is 0 Å². The van der Waals surface area contributed by atoms with Gasteiger partial charge in [0.25, 0.3) is 17.7 Å². The smallest absolute Gasteiger partial charge is 0.270 e. The standard InChI is InChI=1S/C23H17ClN4O3S/c24-18-7-3-1-6-16(18)20-11-17(15-5-2-4-8-19(15)26-20)23(31)28-27-21(29)12-25-22(30)14-9-10-32-13-14/h1-11,13H,12H2,(H,25,30)(H,27,29)(H,28,31). The first kappa shape index (κ1) is 21.5. The number of hydrogen-bond acceptors (Lipinski definition) is 5. The van der Waals surface area contributed by atoms with Crippen molar-refractivity contribution >= 4 is 51.6 Å². The molecule has 2 aromatic carbocycles. The van der Waals surface area contributed by atoms with Gasteiger partial charge in [-0.2, -0.15) is 11.3 Å². The molecule has 9 heteroatoms.